The van der Waals surface area contributed by atoms with Gasteiger partial charge in [0.2, 0.25) is 0 Å². The number of esters is 1. The molecule has 0 heterocycles. The Morgan fingerprint density at radius 1 is 1.10 bits per heavy atom. The monoisotopic (exact) mass is 406 g/mol. The molecule has 0 bridgehead atoms. The van der Waals surface area contributed by atoms with Crippen LogP contribution in [0.3, 0.4) is 0 Å². The summed E-state index contributed by atoms with van der Waals surface area (Å²) in [6, 6.07) is 8.75. The number of rotatable bonds is 8. The van der Waals surface area contributed by atoms with E-state index in [0.29, 0.717) is 0 Å². The molecule has 0 saturated heterocycles. The highest BCUT2D eigenvalue weighted by Gasteiger charge is 2.24. The lowest BCUT2D eigenvalue weighted by Gasteiger charge is -2.18. The maximum Gasteiger partial charge on any atom is 0.347 e. The number of nitrogens with zero attached hydrogens (tertiary/aromatic N) is 1. The molecule has 1 amide bonds. The number of ether oxygens (including phenoxy) is 3. The largest absolute Gasteiger partial charge is 0.495 e. The van der Waals surface area contributed by atoms with Gasteiger partial charge in [-0.1, -0.05) is 0 Å². The summed E-state index contributed by atoms with van der Waals surface area (Å²) >= 11 is 0. The fourth-order valence-corrected chi connectivity index (χ4v) is 2.23. The number of anilines is 1. The molecule has 1 N–H and O–H groups in total. The molecule has 0 aliphatic rings. The van der Waals surface area contributed by atoms with Crippen molar-refractivity contribution < 1.29 is 33.1 Å². The van der Waals surface area contributed by atoms with E-state index in [-0.39, 0.29) is 22.9 Å². The van der Waals surface area contributed by atoms with Crippen LogP contribution in [0.4, 0.5) is 15.8 Å². The van der Waals surface area contributed by atoms with Gasteiger partial charge in [-0.15, -0.1) is 0 Å². The maximum absolute atomic E-state index is 12.9. The average molecular weight is 406 g/mol. The number of non-ortho nitro benzene ring substituents is 1. The summed E-state index contributed by atoms with van der Waals surface area (Å²) in [6.45, 7) is 2.75. The van der Waals surface area contributed by atoms with E-state index in [1.165, 1.54) is 57.4 Å². The number of nitro groups is 1. The molecule has 2 atom stereocenters. The second kappa shape index (κ2) is 9.49. The molecule has 2 aromatic carbocycles. The first-order chi connectivity index (χ1) is 13.7. The van der Waals surface area contributed by atoms with Crippen LogP contribution >= 0.6 is 0 Å². The molecule has 0 radical (unpaired) electrons. The number of carbonyl (C=O) groups is 2. The third kappa shape index (κ3) is 5.89. The van der Waals surface area contributed by atoms with E-state index in [4.69, 9.17) is 14.2 Å². The van der Waals surface area contributed by atoms with Gasteiger partial charge >= 0.3 is 5.97 Å². The van der Waals surface area contributed by atoms with Crippen molar-refractivity contribution >= 4 is 23.3 Å². The molecule has 0 aliphatic heterocycles. The molecule has 0 spiro atoms. The molecule has 0 fully saturated rings. The van der Waals surface area contributed by atoms with Gasteiger partial charge in [0.1, 0.15) is 17.3 Å². The van der Waals surface area contributed by atoms with Crippen molar-refractivity contribution in [2.45, 2.75) is 26.1 Å². The first kappa shape index (κ1) is 21.6. The van der Waals surface area contributed by atoms with Gasteiger partial charge in [0.05, 0.1) is 17.7 Å². The third-order valence-electron chi connectivity index (χ3n) is 3.77. The number of hydrogen-bond acceptors (Lipinski definition) is 7. The molecule has 0 aromatic heterocycles. The van der Waals surface area contributed by atoms with Crippen molar-refractivity contribution in [3.63, 3.8) is 0 Å². The topological polar surface area (TPSA) is 117 Å². The standard InChI is InChI=1S/C19H19FN2O7/c1-11(29-19(24)12(2)28-15-7-4-13(20)5-8-15)18(23)21-16-10-14(22(25)26)6-9-17(16)27-3/h4-12H,1-3H3,(H,21,23)/t11-,12+/m1/s1. The molecular weight excluding hydrogens is 387 g/mol. The van der Waals surface area contributed by atoms with Crippen molar-refractivity contribution in [1.29, 1.82) is 0 Å². The highest BCUT2D eigenvalue weighted by Crippen LogP contribution is 2.29. The summed E-state index contributed by atoms with van der Waals surface area (Å²) in [5, 5.41) is 13.3. The summed E-state index contributed by atoms with van der Waals surface area (Å²) in [6.07, 6.45) is -2.27. The van der Waals surface area contributed by atoms with Gasteiger partial charge in [0.25, 0.3) is 11.6 Å². The molecular formula is C19H19FN2O7. The second-order valence-electron chi connectivity index (χ2n) is 5.92. The molecule has 9 nitrogen and oxygen atoms in total. The van der Waals surface area contributed by atoms with Crippen molar-refractivity contribution in [2.24, 2.45) is 0 Å². The Morgan fingerprint density at radius 2 is 1.76 bits per heavy atom. The van der Waals surface area contributed by atoms with E-state index < -0.39 is 34.8 Å². The molecule has 0 aliphatic carbocycles. The molecule has 29 heavy (non-hydrogen) atoms. The Kier molecular flexibility index (Phi) is 7.07. The van der Waals surface area contributed by atoms with E-state index in [9.17, 15) is 24.1 Å². The van der Waals surface area contributed by atoms with Gasteiger partial charge in [-0.3, -0.25) is 14.9 Å². The molecule has 2 aromatic rings. The first-order valence-electron chi connectivity index (χ1n) is 8.47. The number of amides is 1. The summed E-state index contributed by atoms with van der Waals surface area (Å²) in [5.41, 5.74) is -0.183. The minimum atomic E-state index is -1.22. The quantitative estimate of drug-likeness (QED) is 0.407. The summed E-state index contributed by atoms with van der Waals surface area (Å²) in [4.78, 5) is 34.7. The molecule has 10 heteroatoms. The average Bonchev–Trinajstić information content (AvgIpc) is 2.69. The fraction of sp³-hybridized carbons (Fsp3) is 0.263. The second-order valence-corrected chi connectivity index (χ2v) is 5.92. The van der Waals surface area contributed by atoms with Gasteiger partial charge < -0.3 is 19.5 Å². The number of halogens is 1. The Balaban J connectivity index is 1.99. The minimum absolute atomic E-state index is 0.0604. The Hall–Kier alpha value is -3.69. The van der Waals surface area contributed by atoms with Crippen molar-refractivity contribution in [3.05, 3.63) is 58.4 Å². The van der Waals surface area contributed by atoms with Crippen LogP contribution in [0.2, 0.25) is 0 Å². The van der Waals surface area contributed by atoms with Crippen LogP contribution in [0.25, 0.3) is 0 Å². The third-order valence-corrected chi connectivity index (χ3v) is 3.77. The van der Waals surface area contributed by atoms with Crippen LogP contribution < -0.4 is 14.8 Å². The van der Waals surface area contributed by atoms with Gasteiger partial charge in [-0.2, -0.15) is 0 Å². The number of methoxy groups -OCH3 is 1. The Bertz CT molecular complexity index is 902. The maximum atomic E-state index is 12.9. The summed E-state index contributed by atoms with van der Waals surface area (Å²) in [7, 11) is 1.34. The van der Waals surface area contributed by atoms with Crippen LogP contribution in [-0.4, -0.2) is 36.1 Å². The zero-order valence-corrected chi connectivity index (χ0v) is 15.9. The Labute approximate surface area is 165 Å². The van der Waals surface area contributed by atoms with E-state index >= 15 is 0 Å². The van der Waals surface area contributed by atoms with Crippen LogP contribution in [0.5, 0.6) is 11.5 Å². The molecule has 2 rings (SSSR count). The Morgan fingerprint density at radius 3 is 2.34 bits per heavy atom. The van der Waals surface area contributed by atoms with Crippen LogP contribution in [0.15, 0.2) is 42.5 Å². The highest BCUT2D eigenvalue weighted by molar-refractivity contribution is 5.96. The zero-order chi connectivity index (χ0) is 21.6. The normalized spacial score (nSPS) is 12.4. The smallest absolute Gasteiger partial charge is 0.347 e. The lowest BCUT2D eigenvalue weighted by molar-refractivity contribution is -0.384. The van der Waals surface area contributed by atoms with Crippen molar-refractivity contribution in [2.75, 3.05) is 12.4 Å². The predicted octanol–water partition coefficient (Wildman–Crippen LogP) is 3.08. The zero-order valence-electron chi connectivity index (χ0n) is 15.9. The SMILES string of the molecule is COc1ccc([N+](=O)[O-])cc1NC(=O)[C@@H](C)OC(=O)[C@H](C)Oc1ccc(F)cc1. The summed E-state index contributed by atoms with van der Waals surface area (Å²) in [5.74, 6) is -1.52. The van der Waals surface area contributed by atoms with E-state index in [1.54, 1.807) is 0 Å². The van der Waals surface area contributed by atoms with Crippen LogP contribution in [0.1, 0.15) is 13.8 Å². The molecule has 0 saturated carbocycles. The van der Waals surface area contributed by atoms with Gasteiger partial charge in [-0.25, -0.2) is 9.18 Å². The molecule has 154 valence electrons. The first-order valence-corrected chi connectivity index (χ1v) is 8.47. The van der Waals surface area contributed by atoms with E-state index in [1.807, 2.05) is 0 Å². The lowest BCUT2D eigenvalue weighted by Crippen LogP contribution is -2.35. The van der Waals surface area contributed by atoms with Gasteiger partial charge in [0.15, 0.2) is 12.2 Å². The van der Waals surface area contributed by atoms with Crippen molar-refractivity contribution in [3.8, 4) is 11.5 Å². The number of hydrogen-bond donors (Lipinski definition) is 1. The van der Waals surface area contributed by atoms with Crippen molar-refractivity contribution in [1.82, 2.24) is 0 Å². The van der Waals surface area contributed by atoms with E-state index in [0.717, 1.165) is 6.07 Å². The number of carbonyl (C=O) groups excluding carboxylic acids is 2. The van der Waals surface area contributed by atoms with Crippen LogP contribution in [0, 0.1) is 15.9 Å². The summed E-state index contributed by atoms with van der Waals surface area (Å²) < 4.78 is 28.4. The minimum Gasteiger partial charge on any atom is -0.495 e. The van der Waals surface area contributed by atoms with Crippen LogP contribution in [-0.2, 0) is 14.3 Å². The predicted molar refractivity (Wildman–Crippen MR) is 100 cm³/mol. The fourth-order valence-electron chi connectivity index (χ4n) is 2.23. The van der Waals surface area contributed by atoms with E-state index in [2.05, 4.69) is 5.32 Å². The lowest BCUT2D eigenvalue weighted by atomic mass is 10.2. The van der Waals surface area contributed by atoms with Gasteiger partial charge in [0, 0.05) is 12.1 Å². The number of benzene rings is 2. The number of nitro benzene ring substituents is 1. The molecule has 0 unspecified atom stereocenters. The van der Waals surface area contributed by atoms with Gasteiger partial charge in [-0.05, 0) is 44.2 Å². The number of nitrogens with one attached hydrogen (secondary N) is 1. The highest BCUT2D eigenvalue weighted by atomic mass is 19.1.